The number of hydrogen-bond donors (Lipinski definition) is 1. The monoisotopic (exact) mass is 314 g/mol. The molecule has 0 saturated carbocycles. The Labute approximate surface area is 128 Å². The van der Waals surface area contributed by atoms with Gasteiger partial charge in [-0.1, -0.05) is 0 Å². The number of aliphatic hydroxyl groups is 1. The van der Waals surface area contributed by atoms with E-state index in [0.29, 0.717) is 29.3 Å². The SMILES string of the molecule is CO.COc1nc(C)nc(C)n1.Cc1nc(C)nc(Cl)n1. The fraction of sp³-hybridized carbons (Fsp3) is 0.500. The normalized spacial score (nSPS) is 8.95. The van der Waals surface area contributed by atoms with Crippen LogP contribution in [-0.2, 0) is 0 Å². The first-order chi connectivity index (χ1) is 9.90. The summed E-state index contributed by atoms with van der Waals surface area (Å²) in [5, 5.41) is 7.26. The second kappa shape index (κ2) is 9.89. The Hall–Kier alpha value is -1.93. The van der Waals surface area contributed by atoms with Crippen LogP contribution >= 0.6 is 11.6 Å². The van der Waals surface area contributed by atoms with Gasteiger partial charge in [-0.2, -0.15) is 9.97 Å². The second-order valence-electron chi connectivity index (χ2n) is 3.62. The number of methoxy groups -OCH3 is 1. The van der Waals surface area contributed by atoms with Crippen LogP contribution < -0.4 is 4.74 Å². The van der Waals surface area contributed by atoms with Gasteiger partial charge in [-0.3, -0.25) is 0 Å². The van der Waals surface area contributed by atoms with Crippen molar-refractivity contribution < 1.29 is 9.84 Å². The summed E-state index contributed by atoms with van der Waals surface area (Å²) in [6, 6.07) is 0.380. The minimum atomic E-state index is 0.264. The van der Waals surface area contributed by atoms with Gasteiger partial charge in [-0.25, -0.2) is 19.9 Å². The van der Waals surface area contributed by atoms with Gasteiger partial charge in [0.1, 0.15) is 23.3 Å². The molecule has 8 nitrogen and oxygen atoms in total. The number of aliphatic hydroxyl groups excluding tert-OH is 1. The lowest BCUT2D eigenvalue weighted by Crippen LogP contribution is -1.99. The van der Waals surface area contributed by atoms with Crippen LogP contribution in [0.1, 0.15) is 23.3 Å². The number of rotatable bonds is 1. The average molecular weight is 315 g/mol. The van der Waals surface area contributed by atoms with Gasteiger partial charge in [0, 0.05) is 7.11 Å². The van der Waals surface area contributed by atoms with Crippen LogP contribution in [0.15, 0.2) is 0 Å². The summed E-state index contributed by atoms with van der Waals surface area (Å²) >= 11 is 5.49. The maximum atomic E-state index is 7.00. The number of ether oxygens (including phenoxy) is 1. The van der Waals surface area contributed by atoms with Crippen LogP contribution in [0.25, 0.3) is 0 Å². The molecule has 0 radical (unpaired) electrons. The lowest BCUT2D eigenvalue weighted by molar-refractivity contribution is 0.375. The molecule has 2 aromatic rings. The Kier molecular flexibility index (Phi) is 8.98. The molecule has 2 aromatic heterocycles. The predicted octanol–water partition coefficient (Wildman–Crippen LogP) is 1.25. The zero-order valence-electron chi connectivity index (χ0n) is 12.9. The van der Waals surface area contributed by atoms with Crippen LogP contribution in [0.4, 0.5) is 0 Å². The van der Waals surface area contributed by atoms with Crippen LogP contribution in [-0.4, -0.2) is 49.2 Å². The topological polar surface area (TPSA) is 107 Å². The van der Waals surface area contributed by atoms with E-state index in [0.717, 1.165) is 7.11 Å². The summed E-state index contributed by atoms with van der Waals surface area (Å²) in [5.41, 5.74) is 0. The fourth-order valence-corrected chi connectivity index (χ4v) is 1.50. The van der Waals surface area contributed by atoms with Crippen molar-refractivity contribution in [3.63, 3.8) is 0 Å². The molecule has 0 fully saturated rings. The summed E-state index contributed by atoms with van der Waals surface area (Å²) in [6.07, 6.45) is 0. The van der Waals surface area contributed by atoms with Crippen molar-refractivity contribution in [3.05, 3.63) is 28.6 Å². The molecular formula is C12H19ClN6O2. The van der Waals surface area contributed by atoms with Gasteiger partial charge in [-0.05, 0) is 39.3 Å². The van der Waals surface area contributed by atoms with E-state index < -0.39 is 0 Å². The van der Waals surface area contributed by atoms with Gasteiger partial charge >= 0.3 is 6.01 Å². The minimum absolute atomic E-state index is 0.264. The molecule has 0 aromatic carbocycles. The Bertz CT molecular complexity index is 497. The summed E-state index contributed by atoms with van der Waals surface area (Å²) in [7, 11) is 2.54. The maximum absolute atomic E-state index is 7.00. The summed E-state index contributed by atoms with van der Waals surface area (Å²) in [5.74, 6) is 2.69. The molecule has 9 heteroatoms. The zero-order valence-corrected chi connectivity index (χ0v) is 13.7. The molecule has 0 aliphatic carbocycles. The molecule has 0 aliphatic rings. The Balaban J connectivity index is 0.000000342. The van der Waals surface area contributed by atoms with E-state index in [4.69, 9.17) is 21.4 Å². The molecule has 0 amide bonds. The third-order valence-electron chi connectivity index (χ3n) is 1.85. The molecule has 0 unspecified atom stereocenters. The van der Waals surface area contributed by atoms with Crippen molar-refractivity contribution in [1.82, 2.24) is 29.9 Å². The second-order valence-corrected chi connectivity index (χ2v) is 3.95. The third-order valence-corrected chi connectivity index (χ3v) is 2.02. The van der Waals surface area contributed by atoms with E-state index in [2.05, 4.69) is 29.9 Å². The van der Waals surface area contributed by atoms with Crippen LogP contribution in [0.2, 0.25) is 5.28 Å². The largest absolute Gasteiger partial charge is 0.467 e. The van der Waals surface area contributed by atoms with Crippen molar-refractivity contribution in [3.8, 4) is 6.01 Å². The molecule has 1 N–H and O–H groups in total. The number of hydrogen-bond acceptors (Lipinski definition) is 8. The molecule has 0 bridgehead atoms. The van der Waals surface area contributed by atoms with Gasteiger partial charge < -0.3 is 9.84 Å². The highest BCUT2D eigenvalue weighted by Crippen LogP contribution is 2.00. The Morgan fingerprint density at radius 2 is 1.05 bits per heavy atom. The third kappa shape index (κ3) is 8.05. The lowest BCUT2D eigenvalue weighted by Gasteiger charge is -1.98. The molecule has 21 heavy (non-hydrogen) atoms. The quantitative estimate of drug-likeness (QED) is 0.838. The zero-order chi connectivity index (χ0) is 16.4. The minimum Gasteiger partial charge on any atom is -0.467 e. The van der Waals surface area contributed by atoms with Crippen LogP contribution in [0.3, 0.4) is 0 Å². The number of nitrogens with zero attached hydrogens (tertiary/aromatic N) is 6. The average Bonchev–Trinajstić information content (AvgIpc) is 2.39. The van der Waals surface area contributed by atoms with Gasteiger partial charge in [-0.15, -0.1) is 0 Å². The van der Waals surface area contributed by atoms with E-state index in [-0.39, 0.29) is 5.28 Å². The summed E-state index contributed by atoms with van der Waals surface area (Å²) in [4.78, 5) is 23.3. The Morgan fingerprint density at radius 3 is 1.33 bits per heavy atom. The predicted molar refractivity (Wildman–Crippen MR) is 78.3 cm³/mol. The number of aryl methyl sites for hydroxylation is 4. The van der Waals surface area contributed by atoms with Crippen molar-refractivity contribution in [1.29, 1.82) is 0 Å². The molecular weight excluding hydrogens is 296 g/mol. The molecule has 2 heterocycles. The van der Waals surface area contributed by atoms with Gasteiger partial charge in [0.25, 0.3) is 0 Å². The van der Waals surface area contributed by atoms with E-state index in [1.54, 1.807) is 27.7 Å². The maximum Gasteiger partial charge on any atom is 0.319 e. The highest BCUT2D eigenvalue weighted by Gasteiger charge is 1.97. The van der Waals surface area contributed by atoms with Gasteiger partial charge in [0.05, 0.1) is 7.11 Å². The van der Waals surface area contributed by atoms with Crippen LogP contribution in [0.5, 0.6) is 6.01 Å². The van der Waals surface area contributed by atoms with Crippen molar-refractivity contribution in [2.45, 2.75) is 27.7 Å². The van der Waals surface area contributed by atoms with E-state index >= 15 is 0 Å². The molecule has 0 spiro atoms. The first-order valence-corrected chi connectivity index (χ1v) is 6.31. The first-order valence-electron chi connectivity index (χ1n) is 5.93. The van der Waals surface area contributed by atoms with Crippen molar-refractivity contribution in [2.24, 2.45) is 0 Å². The van der Waals surface area contributed by atoms with Crippen molar-refractivity contribution in [2.75, 3.05) is 14.2 Å². The van der Waals surface area contributed by atoms with Gasteiger partial charge in [0.15, 0.2) is 0 Å². The Morgan fingerprint density at radius 1 is 0.714 bits per heavy atom. The standard InChI is InChI=1S/C6H9N3O.C5H6ClN3.CH4O/c1-4-7-5(2)9-6(8-4)10-3;1-3-7-4(2)9-5(6)8-3;1-2/h1-3H3;1-2H3;2H,1H3. The molecule has 0 atom stereocenters. The molecule has 0 aliphatic heterocycles. The van der Waals surface area contributed by atoms with Gasteiger partial charge in [0.2, 0.25) is 5.28 Å². The van der Waals surface area contributed by atoms with E-state index in [1.165, 1.54) is 7.11 Å². The highest BCUT2D eigenvalue weighted by molar-refractivity contribution is 6.28. The molecule has 0 saturated heterocycles. The summed E-state index contributed by atoms with van der Waals surface area (Å²) in [6.45, 7) is 7.16. The molecule has 116 valence electrons. The van der Waals surface area contributed by atoms with E-state index in [9.17, 15) is 0 Å². The smallest absolute Gasteiger partial charge is 0.319 e. The molecule has 2 rings (SSSR count). The van der Waals surface area contributed by atoms with Crippen molar-refractivity contribution >= 4 is 11.6 Å². The lowest BCUT2D eigenvalue weighted by atomic mass is 10.6. The first kappa shape index (κ1) is 19.1. The fourth-order valence-electron chi connectivity index (χ4n) is 1.25. The number of halogens is 1. The number of aromatic nitrogens is 6. The van der Waals surface area contributed by atoms with E-state index in [1.807, 2.05) is 0 Å². The summed E-state index contributed by atoms with van der Waals surface area (Å²) < 4.78 is 4.81. The highest BCUT2D eigenvalue weighted by atomic mass is 35.5. The van der Waals surface area contributed by atoms with Crippen LogP contribution in [0, 0.1) is 27.7 Å².